The molecule has 178 valence electrons. The molecular formula is C25H26N2O6S. The van der Waals surface area contributed by atoms with Gasteiger partial charge in [-0.2, -0.15) is 4.31 Å². The molecule has 1 N–H and O–H groups in total. The van der Waals surface area contributed by atoms with E-state index in [1.165, 1.54) is 25.6 Å². The minimum absolute atomic E-state index is 0.212. The van der Waals surface area contributed by atoms with Crippen LogP contribution in [0.25, 0.3) is 0 Å². The number of sulfonamides is 1. The van der Waals surface area contributed by atoms with Crippen LogP contribution in [0.3, 0.4) is 0 Å². The third kappa shape index (κ3) is 4.57. The minimum Gasteiger partial charge on any atom is -0.497 e. The summed E-state index contributed by atoms with van der Waals surface area (Å²) in [6, 6.07) is 17.0. The molecule has 0 saturated carbocycles. The highest BCUT2D eigenvalue weighted by Crippen LogP contribution is 2.31. The van der Waals surface area contributed by atoms with E-state index in [-0.39, 0.29) is 22.9 Å². The van der Waals surface area contributed by atoms with Crippen molar-refractivity contribution in [3.63, 3.8) is 0 Å². The molecule has 0 radical (unpaired) electrons. The largest absolute Gasteiger partial charge is 0.497 e. The second-order valence-corrected chi connectivity index (χ2v) is 9.68. The lowest BCUT2D eigenvalue weighted by molar-refractivity contribution is 0.102. The number of nitrogens with zero attached hydrogens (tertiary/aromatic N) is 1. The molecule has 1 heterocycles. The van der Waals surface area contributed by atoms with E-state index in [1.54, 1.807) is 42.5 Å². The number of ether oxygens (including phenoxy) is 3. The topological polar surface area (TPSA) is 94.2 Å². The van der Waals surface area contributed by atoms with Crippen molar-refractivity contribution >= 4 is 21.6 Å². The van der Waals surface area contributed by atoms with Crippen molar-refractivity contribution in [3.8, 4) is 17.2 Å². The molecule has 0 bridgehead atoms. The molecule has 0 saturated heterocycles. The first kappa shape index (κ1) is 23.6. The Morgan fingerprint density at radius 1 is 0.882 bits per heavy atom. The number of methoxy groups -OCH3 is 3. The van der Waals surface area contributed by atoms with Gasteiger partial charge in [-0.15, -0.1) is 0 Å². The number of amides is 1. The maximum atomic E-state index is 13.2. The number of nitrogens with one attached hydrogen (secondary N) is 1. The van der Waals surface area contributed by atoms with Crippen LogP contribution in [0.1, 0.15) is 21.5 Å². The number of carbonyl (C=O) groups is 1. The third-order valence-corrected chi connectivity index (χ3v) is 7.65. The van der Waals surface area contributed by atoms with E-state index in [2.05, 4.69) is 5.32 Å². The fourth-order valence-electron chi connectivity index (χ4n) is 3.98. The third-order valence-electron chi connectivity index (χ3n) is 5.79. The molecule has 8 nitrogen and oxygen atoms in total. The lowest BCUT2D eigenvalue weighted by atomic mass is 10.0. The molecular weight excluding hydrogens is 456 g/mol. The van der Waals surface area contributed by atoms with E-state index >= 15 is 0 Å². The number of rotatable bonds is 7. The van der Waals surface area contributed by atoms with Gasteiger partial charge in [0.15, 0.2) is 0 Å². The Hall–Kier alpha value is -3.56. The maximum absolute atomic E-state index is 13.2. The number of hydrogen-bond donors (Lipinski definition) is 1. The lowest BCUT2D eigenvalue weighted by Crippen LogP contribution is -2.36. The summed E-state index contributed by atoms with van der Waals surface area (Å²) in [4.78, 5) is 13.2. The van der Waals surface area contributed by atoms with Gasteiger partial charge in [0, 0.05) is 18.8 Å². The van der Waals surface area contributed by atoms with Crippen molar-refractivity contribution < 1.29 is 27.4 Å². The van der Waals surface area contributed by atoms with Crippen LogP contribution >= 0.6 is 0 Å². The summed E-state index contributed by atoms with van der Waals surface area (Å²) < 4.78 is 43.6. The van der Waals surface area contributed by atoms with Crippen molar-refractivity contribution in [2.75, 3.05) is 33.2 Å². The number of hydrogen-bond acceptors (Lipinski definition) is 6. The van der Waals surface area contributed by atoms with Gasteiger partial charge in [-0.3, -0.25) is 4.79 Å². The second-order valence-electron chi connectivity index (χ2n) is 7.74. The van der Waals surface area contributed by atoms with Gasteiger partial charge < -0.3 is 19.5 Å². The summed E-state index contributed by atoms with van der Waals surface area (Å²) in [5.74, 6) is 1.00. The lowest BCUT2D eigenvalue weighted by Gasteiger charge is -2.28. The molecule has 0 spiro atoms. The predicted molar refractivity (Wildman–Crippen MR) is 128 cm³/mol. The molecule has 34 heavy (non-hydrogen) atoms. The van der Waals surface area contributed by atoms with Crippen molar-refractivity contribution in [3.05, 3.63) is 77.4 Å². The monoisotopic (exact) mass is 482 g/mol. The number of fused-ring (bicyclic) bond motifs is 1. The van der Waals surface area contributed by atoms with Crippen LogP contribution < -0.4 is 19.5 Å². The normalized spacial score (nSPS) is 13.6. The molecule has 1 aliphatic rings. The van der Waals surface area contributed by atoms with Gasteiger partial charge in [-0.05, 0) is 66.1 Å². The molecule has 1 amide bonds. The minimum atomic E-state index is -3.67. The molecule has 4 rings (SSSR count). The average molecular weight is 483 g/mol. The highest BCUT2D eigenvalue weighted by molar-refractivity contribution is 7.89. The van der Waals surface area contributed by atoms with Crippen LogP contribution in [0.15, 0.2) is 65.6 Å². The quantitative estimate of drug-likeness (QED) is 0.552. The molecule has 0 aromatic heterocycles. The molecule has 0 fully saturated rings. The number of carbonyl (C=O) groups excluding carboxylic acids is 1. The zero-order valence-corrected chi connectivity index (χ0v) is 20.0. The first-order valence-corrected chi connectivity index (χ1v) is 12.1. The Kier molecular flexibility index (Phi) is 6.76. The van der Waals surface area contributed by atoms with Crippen LogP contribution in [0.5, 0.6) is 17.2 Å². The smallest absolute Gasteiger partial charge is 0.263 e. The van der Waals surface area contributed by atoms with E-state index < -0.39 is 10.0 Å². The maximum Gasteiger partial charge on any atom is 0.263 e. The Bertz CT molecular complexity index is 1280. The van der Waals surface area contributed by atoms with Gasteiger partial charge in [0.2, 0.25) is 10.0 Å². The summed E-state index contributed by atoms with van der Waals surface area (Å²) >= 11 is 0. The number of anilines is 1. The SMILES string of the molecule is COc1ccc(S(=O)(=O)N2CCc3ccc(NC(=O)c4c(OC)cccc4OC)cc3C2)cc1. The second kappa shape index (κ2) is 9.74. The van der Waals surface area contributed by atoms with Gasteiger partial charge >= 0.3 is 0 Å². The molecule has 1 aliphatic heterocycles. The zero-order valence-electron chi connectivity index (χ0n) is 19.2. The van der Waals surface area contributed by atoms with Crippen LogP contribution in [0.4, 0.5) is 5.69 Å². The van der Waals surface area contributed by atoms with Crippen molar-refractivity contribution in [1.82, 2.24) is 4.31 Å². The average Bonchev–Trinajstić information content (AvgIpc) is 2.87. The van der Waals surface area contributed by atoms with Gasteiger partial charge in [-0.1, -0.05) is 12.1 Å². The summed E-state index contributed by atoms with van der Waals surface area (Å²) in [6.45, 7) is 0.594. The molecule has 9 heteroatoms. The molecule has 3 aromatic carbocycles. The Morgan fingerprint density at radius 2 is 1.56 bits per heavy atom. The highest BCUT2D eigenvalue weighted by Gasteiger charge is 2.29. The van der Waals surface area contributed by atoms with Crippen LogP contribution in [0.2, 0.25) is 0 Å². The number of benzene rings is 3. The van der Waals surface area contributed by atoms with E-state index in [4.69, 9.17) is 14.2 Å². The standard InChI is InChI=1S/C25H26N2O6S/c1-31-20-9-11-21(12-10-20)34(29,30)27-14-13-17-7-8-19(15-18(17)16-27)26-25(28)24-22(32-2)5-4-6-23(24)33-3/h4-12,15H,13-14,16H2,1-3H3,(H,26,28). The highest BCUT2D eigenvalue weighted by atomic mass is 32.2. The van der Waals surface area contributed by atoms with Gasteiger partial charge in [0.1, 0.15) is 22.8 Å². The van der Waals surface area contributed by atoms with Crippen molar-refractivity contribution in [2.45, 2.75) is 17.9 Å². The van der Waals surface area contributed by atoms with Crippen molar-refractivity contribution in [1.29, 1.82) is 0 Å². The fraction of sp³-hybridized carbons (Fsp3) is 0.240. The Morgan fingerprint density at radius 3 is 2.18 bits per heavy atom. The van der Waals surface area contributed by atoms with E-state index in [0.29, 0.717) is 35.9 Å². The van der Waals surface area contributed by atoms with E-state index in [9.17, 15) is 13.2 Å². The summed E-state index contributed by atoms with van der Waals surface area (Å²) in [6.07, 6.45) is 0.583. The van der Waals surface area contributed by atoms with Crippen molar-refractivity contribution in [2.24, 2.45) is 0 Å². The molecule has 3 aromatic rings. The van der Waals surface area contributed by atoms with Gasteiger partial charge in [0.25, 0.3) is 5.91 Å². The summed E-state index contributed by atoms with van der Waals surface area (Å²) in [5.41, 5.74) is 2.73. The zero-order chi connectivity index (χ0) is 24.3. The van der Waals surface area contributed by atoms with Crippen LogP contribution in [0, 0.1) is 0 Å². The fourth-order valence-corrected chi connectivity index (χ4v) is 5.40. The molecule has 0 unspecified atom stereocenters. The Balaban J connectivity index is 1.56. The first-order chi connectivity index (χ1) is 16.4. The molecule has 0 atom stereocenters. The summed E-state index contributed by atoms with van der Waals surface area (Å²) in [5, 5.41) is 2.87. The van der Waals surface area contributed by atoms with E-state index in [0.717, 1.165) is 11.1 Å². The van der Waals surface area contributed by atoms with Crippen LogP contribution in [-0.4, -0.2) is 46.5 Å². The van der Waals surface area contributed by atoms with Crippen LogP contribution in [-0.2, 0) is 23.0 Å². The van der Waals surface area contributed by atoms with E-state index in [1.807, 2.05) is 18.2 Å². The Labute approximate surface area is 199 Å². The first-order valence-electron chi connectivity index (χ1n) is 10.7. The molecule has 0 aliphatic carbocycles. The summed E-state index contributed by atoms with van der Waals surface area (Å²) in [7, 11) is 0.841. The van der Waals surface area contributed by atoms with Gasteiger partial charge in [-0.25, -0.2) is 8.42 Å². The predicted octanol–water partition coefficient (Wildman–Crippen LogP) is 3.71. The van der Waals surface area contributed by atoms with Gasteiger partial charge in [0.05, 0.1) is 26.2 Å².